The quantitative estimate of drug-likeness (QED) is 0.154. The maximum Gasteiger partial charge on any atom is 0.307 e. The highest BCUT2D eigenvalue weighted by molar-refractivity contribution is 5.78. The highest BCUT2D eigenvalue weighted by Gasteiger charge is 2.21. The molecule has 1 unspecified atom stereocenters. The predicted octanol–water partition coefficient (Wildman–Crippen LogP) is 6.68. The second-order valence-electron chi connectivity index (χ2n) is 7.48. The van der Waals surface area contributed by atoms with Crippen LogP contribution in [-0.4, -0.2) is 23.7 Å². The van der Waals surface area contributed by atoms with E-state index in [4.69, 9.17) is 4.74 Å². The Balaban J connectivity index is 3.52. The molecule has 0 aliphatic carbocycles. The van der Waals surface area contributed by atoms with E-state index in [1.807, 2.05) is 6.92 Å². The molecule has 0 heterocycles. The minimum atomic E-state index is -0.881. The van der Waals surface area contributed by atoms with Crippen LogP contribution >= 0.6 is 0 Å². The van der Waals surface area contributed by atoms with Crippen LogP contribution in [0, 0.1) is 5.92 Å². The van der Waals surface area contributed by atoms with Crippen LogP contribution < -0.4 is 0 Å². The molecule has 0 saturated carbocycles. The van der Waals surface area contributed by atoms with E-state index in [9.17, 15) is 14.7 Å². The van der Waals surface area contributed by atoms with E-state index in [1.54, 1.807) is 0 Å². The Morgan fingerprint density at radius 2 is 1.37 bits per heavy atom. The van der Waals surface area contributed by atoms with Crippen LogP contribution in [0.3, 0.4) is 0 Å². The third kappa shape index (κ3) is 17.8. The van der Waals surface area contributed by atoms with Crippen LogP contribution in [0.1, 0.15) is 110 Å². The molecule has 0 bridgehead atoms. The predicted molar refractivity (Wildman–Crippen MR) is 112 cm³/mol. The number of hydrogen-bond acceptors (Lipinski definition) is 3. The minimum Gasteiger partial charge on any atom is -0.481 e. The normalized spacial score (nSPS) is 12.4. The van der Waals surface area contributed by atoms with Gasteiger partial charge in [0.15, 0.2) is 0 Å². The lowest BCUT2D eigenvalue weighted by molar-refractivity contribution is -0.151. The number of carboxylic acids is 1. The number of carbonyl (C=O) groups is 2. The summed E-state index contributed by atoms with van der Waals surface area (Å²) in [7, 11) is 0. The standard InChI is InChI=1S/C23H42O4/c1-3-5-6-7-8-9-10-11-12-13-14-15-16-17-18-21(23(25)26)20-22(24)27-19-4-2/h6-7,21H,3-5,8-20H2,1-2H3,(H,25,26)/b7-6+. The first-order valence-electron chi connectivity index (χ1n) is 11.1. The first-order chi connectivity index (χ1) is 13.1. The van der Waals surface area contributed by atoms with Crippen molar-refractivity contribution in [3.63, 3.8) is 0 Å². The molecule has 0 aromatic rings. The maximum absolute atomic E-state index is 11.6. The average Bonchev–Trinajstić information content (AvgIpc) is 2.65. The van der Waals surface area contributed by atoms with E-state index in [0.717, 1.165) is 25.7 Å². The van der Waals surface area contributed by atoms with Crippen LogP contribution in [0.15, 0.2) is 12.2 Å². The zero-order valence-corrected chi connectivity index (χ0v) is 17.7. The Kier molecular flexibility index (Phi) is 18.5. The van der Waals surface area contributed by atoms with Gasteiger partial charge in [-0.15, -0.1) is 0 Å². The molecule has 0 saturated heterocycles. The molecule has 0 aliphatic rings. The molecule has 0 aliphatic heterocycles. The molecular weight excluding hydrogens is 340 g/mol. The van der Waals surface area contributed by atoms with E-state index in [0.29, 0.717) is 13.0 Å². The number of carboxylic acid groups (broad SMARTS) is 1. The number of ether oxygens (including phenoxy) is 1. The fourth-order valence-corrected chi connectivity index (χ4v) is 3.08. The molecule has 0 aromatic carbocycles. The van der Waals surface area contributed by atoms with Crippen molar-refractivity contribution in [1.29, 1.82) is 0 Å². The van der Waals surface area contributed by atoms with Gasteiger partial charge in [0.05, 0.1) is 18.9 Å². The number of carbonyl (C=O) groups excluding carboxylic acids is 1. The third-order valence-corrected chi connectivity index (χ3v) is 4.77. The Morgan fingerprint density at radius 3 is 1.93 bits per heavy atom. The first-order valence-corrected chi connectivity index (χ1v) is 11.1. The smallest absolute Gasteiger partial charge is 0.307 e. The number of hydrogen-bond donors (Lipinski definition) is 1. The van der Waals surface area contributed by atoms with Gasteiger partial charge in [-0.3, -0.25) is 9.59 Å². The van der Waals surface area contributed by atoms with Gasteiger partial charge < -0.3 is 9.84 Å². The van der Waals surface area contributed by atoms with E-state index >= 15 is 0 Å². The number of rotatable bonds is 19. The SMILES string of the molecule is CCC/C=C/CCCCCCCCCCCC(CC(=O)OCCC)C(=O)O. The van der Waals surface area contributed by atoms with Gasteiger partial charge in [-0.05, 0) is 32.1 Å². The van der Waals surface area contributed by atoms with Crippen LogP contribution in [0.25, 0.3) is 0 Å². The van der Waals surface area contributed by atoms with E-state index in [1.165, 1.54) is 57.8 Å². The van der Waals surface area contributed by atoms with E-state index < -0.39 is 11.9 Å². The largest absolute Gasteiger partial charge is 0.481 e. The average molecular weight is 383 g/mol. The van der Waals surface area contributed by atoms with Gasteiger partial charge in [-0.2, -0.15) is 0 Å². The third-order valence-electron chi connectivity index (χ3n) is 4.77. The molecule has 0 fully saturated rings. The second kappa shape index (κ2) is 19.4. The van der Waals surface area contributed by atoms with Crippen molar-refractivity contribution >= 4 is 11.9 Å². The van der Waals surface area contributed by atoms with Gasteiger partial charge >= 0.3 is 11.9 Å². The summed E-state index contributed by atoms with van der Waals surface area (Å²) in [6.07, 6.45) is 20.5. The van der Waals surface area contributed by atoms with Gasteiger partial charge in [0.2, 0.25) is 0 Å². The molecule has 4 nitrogen and oxygen atoms in total. The molecule has 0 rings (SSSR count). The van der Waals surface area contributed by atoms with Crippen molar-refractivity contribution in [3.05, 3.63) is 12.2 Å². The summed E-state index contributed by atoms with van der Waals surface area (Å²) in [6, 6.07) is 0. The van der Waals surface area contributed by atoms with Gasteiger partial charge in [-0.1, -0.05) is 83.8 Å². The summed E-state index contributed by atoms with van der Waals surface area (Å²) in [5.74, 6) is -1.86. The summed E-state index contributed by atoms with van der Waals surface area (Å²) >= 11 is 0. The Bertz CT molecular complexity index is 390. The summed E-state index contributed by atoms with van der Waals surface area (Å²) in [4.78, 5) is 22.8. The molecule has 27 heavy (non-hydrogen) atoms. The van der Waals surface area contributed by atoms with Gasteiger partial charge in [-0.25, -0.2) is 0 Å². The molecule has 1 atom stereocenters. The molecule has 0 aromatic heterocycles. The van der Waals surface area contributed by atoms with Gasteiger partial charge in [0, 0.05) is 0 Å². The molecule has 1 N–H and O–H groups in total. The monoisotopic (exact) mass is 382 g/mol. The van der Waals surface area contributed by atoms with Crippen molar-refractivity contribution in [3.8, 4) is 0 Å². The topological polar surface area (TPSA) is 63.6 Å². The van der Waals surface area contributed by atoms with Crippen LogP contribution in [0.5, 0.6) is 0 Å². The summed E-state index contributed by atoms with van der Waals surface area (Å²) in [6.45, 7) is 4.51. The lowest BCUT2D eigenvalue weighted by Crippen LogP contribution is -2.19. The lowest BCUT2D eigenvalue weighted by Gasteiger charge is -2.11. The molecule has 4 heteroatoms. The minimum absolute atomic E-state index is 0.00294. The van der Waals surface area contributed by atoms with Gasteiger partial charge in [0.1, 0.15) is 0 Å². The summed E-state index contributed by atoms with van der Waals surface area (Å²) < 4.78 is 4.99. The number of unbranched alkanes of at least 4 members (excludes halogenated alkanes) is 10. The highest BCUT2D eigenvalue weighted by Crippen LogP contribution is 2.17. The zero-order valence-electron chi connectivity index (χ0n) is 17.7. The maximum atomic E-state index is 11.6. The van der Waals surface area contributed by atoms with Crippen molar-refractivity contribution in [2.45, 2.75) is 110 Å². The molecule has 158 valence electrons. The number of aliphatic carboxylic acids is 1. The van der Waals surface area contributed by atoms with E-state index in [2.05, 4.69) is 19.1 Å². The van der Waals surface area contributed by atoms with Crippen molar-refractivity contribution in [1.82, 2.24) is 0 Å². The Labute approximate surface area is 166 Å². The van der Waals surface area contributed by atoms with Crippen LogP contribution in [-0.2, 0) is 14.3 Å². The zero-order chi connectivity index (χ0) is 20.2. The fraction of sp³-hybridized carbons (Fsp3) is 0.826. The Morgan fingerprint density at radius 1 is 0.815 bits per heavy atom. The highest BCUT2D eigenvalue weighted by atomic mass is 16.5. The van der Waals surface area contributed by atoms with E-state index in [-0.39, 0.29) is 12.4 Å². The van der Waals surface area contributed by atoms with Crippen molar-refractivity contribution in [2.75, 3.05) is 6.61 Å². The fourth-order valence-electron chi connectivity index (χ4n) is 3.08. The second-order valence-corrected chi connectivity index (χ2v) is 7.48. The summed E-state index contributed by atoms with van der Waals surface area (Å²) in [5, 5.41) is 9.24. The molecular formula is C23H42O4. The molecule has 0 spiro atoms. The number of allylic oxidation sites excluding steroid dienone is 2. The molecule has 0 amide bonds. The van der Waals surface area contributed by atoms with Crippen LogP contribution in [0.2, 0.25) is 0 Å². The first kappa shape index (κ1) is 25.7. The van der Waals surface area contributed by atoms with Crippen LogP contribution in [0.4, 0.5) is 0 Å². The Hall–Kier alpha value is -1.32. The van der Waals surface area contributed by atoms with Crippen molar-refractivity contribution < 1.29 is 19.4 Å². The number of esters is 1. The van der Waals surface area contributed by atoms with Gasteiger partial charge in [0.25, 0.3) is 0 Å². The summed E-state index contributed by atoms with van der Waals surface area (Å²) in [5.41, 5.74) is 0. The molecule has 0 radical (unpaired) electrons. The van der Waals surface area contributed by atoms with Crippen molar-refractivity contribution in [2.24, 2.45) is 5.92 Å². The lowest BCUT2D eigenvalue weighted by atomic mass is 9.97.